The van der Waals surface area contributed by atoms with Crippen molar-refractivity contribution in [1.29, 1.82) is 0 Å². The van der Waals surface area contributed by atoms with E-state index in [4.69, 9.17) is 16.1 Å². The van der Waals surface area contributed by atoms with Crippen LogP contribution in [0.15, 0.2) is 21.1 Å². The predicted molar refractivity (Wildman–Crippen MR) is 79.7 cm³/mol. The summed E-state index contributed by atoms with van der Waals surface area (Å²) >= 11 is 8.94. The van der Waals surface area contributed by atoms with Crippen LogP contribution < -0.4 is 10.1 Å². The molecular formula is C13H10BrClF2N2O3. The Morgan fingerprint density at radius 2 is 2.14 bits per heavy atom. The van der Waals surface area contributed by atoms with E-state index in [1.165, 1.54) is 12.1 Å². The minimum Gasteiger partial charge on any atom is -0.431 e. The van der Waals surface area contributed by atoms with Crippen LogP contribution in [0.5, 0.6) is 5.75 Å². The Labute approximate surface area is 137 Å². The number of alkyl halides is 2. The third-order valence-corrected chi connectivity index (χ3v) is 3.53. The van der Waals surface area contributed by atoms with Gasteiger partial charge in [0.2, 0.25) is 0 Å². The second kappa shape index (κ2) is 6.62. The SMILES string of the molecule is Cc1noc(C)c1C(=O)Nc1cc(Cl)cc(Br)c1OC(F)F. The quantitative estimate of drug-likeness (QED) is 0.824. The Hall–Kier alpha value is -1.67. The number of hydrogen-bond donors (Lipinski definition) is 1. The average Bonchev–Trinajstić information content (AvgIpc) is 2.73. The highest BCUT2D eigenvalue weighted by Crippen LogP contribution is 2.38. The molecule has 0 saturated carbocycles. The first-order chi connectivity index (χ1) is 10.3. The van der Waals surface area contributed by atoms with Gasteiger partial charge in [-0.15, -0.1) is 0 Å². The smallest absolute Gasteiger partial charge is 0.387 e. The summed E-state index contributed by atoms with van der Waals surface area (Å²) in [5.41, 5.74) is 0.608. The van der Waals surface area contributed by atoms with Crippen LogP contribution in [0.1, 0.15) is 21.8 Å². The monoisotopic (exact) mass is 394 g/mol. The number of ether oxygens (including phenoxy) is 1. The predicted octanol–water partition coefficient (Wildman–Crippen LogP) is 4.56. The first-order valence-corrected chi connectivity index (χ1v) is 7.14. The van der Waals surface area contributed by atoms with E-state index in [-0.39, 0.29) is 26.5 Å². The maximum absolute atomic E-state index is 12.5. The van der Waals surface area contributed by atoms with Crippen molar-refractivity contribution in [2.45, 2.75) is 20.5 Å². The average molecular weight is 396 g/mol. The summed E-state index contributed by atoms with van der Waals surface area (Å²) in [7, 11) is 0. The molecular weight excluding hydrogens is 386 g/mol. The molecule has 2 rings (SSSR count). The molecule has 0 radical (unpaired) electrons. The molecule has 5 nitrogen and oxygen atoms in total. The molecule has 0 spiro atoms. The molecule has 22 heavy (non-hydrogen) atoms. The van der Waals surface area contributed by atoms with E-state index in [9.17, 15) is 13.6 Å². The molecule has 118 valence electrons. The van der Waals surface area contributed by atoms with Crippen LogP contribution >= 0.6 is 27.5 Å². The number of rotatable bonds is 4. The zero-order chi connectivity index (χ0) is 16.4. The Bertz CT molecular complexity index is 702. The fourth-order valence-electron chi connectivity index (χ4n) is 1.85. The van der Waals surface area contributed by atoms with E-state index >= 15 is 0 Å². The lowest BCUT2D eigenvalue weighted by atomic mass is 10.2. The molecule has 1 N–H and O–H groups in total. The molecule has 0 aliphatic heterocycles. The van der Waals surface area contributed by atoms with E-state index in [1.807, 2.05) is 0 Å². The molecule has 1 aromatic carbocycles. The number of carbonyl (C=O) groups is 1. The van der Waals surface area contributed by atoms with Gasteiger partial charge in [0.25, 0.3) is 5.91 Å². The molecule has 0 atom stereocenters. The van der Waals surface area contributed by atoms with Crippen LogP contribution in [0.4, 0.5) is 14.5 Å². The number of nitrogens with one attached hydrogen (secondary N) is 1. The van der Waals surface area contributed by atoms with Crippen LogP contribution in [-0.2, 0) is 0 Å². The topological polar surface area (TPSA) is 64.4 Å². The molecule has 0 aliphatic carbocycles. The number of amides is 1. The van der Waals surface area contributed by atoms with Gasteiger partial charge < -0.3 is 14.6 Å². The van der Waals surface area contributed by atoms with E-state index < -0.39 is 12.5 Å². The molecule has 0 fully saturated rings. The molecule has 2 aromatic rings. The van der Waals surface area contributed by atoms with Gasteiger partial charge in [-0.05, 0) is 41.9 Å². The molecule has 0 bridgehead atoms. The van der Waals surface area contributed by atoms with Gasteiger partial charge in [0, 0.05) is 5.02 Å². The first kappa shape index (κ1) is 16.7. The number of carbonyl (C=O) groups excluding carboxylic acids is 1. The van der Waals surface area contributed by atoms with Crippen LogP contribution in [0.25, 0.3) is 0 Å². The Morgan fingerprint density at radius 3 is 2.68 bits per heavy atom. The normalized spacial score (nSPS) is 10.9. The molecule has 1 aromatic heterocycles. The standard InChI is InChI=1S/C13H10BrClF2N2O3/c1-5-10(6(2)22-19-5)12(20)18-9-4-7(15)3-8(14)11(9)21-13(16)17/h3-4,13H,1-2H3,(H,18,20). The molecule has 0 unspecified atom stereocenters. The van der Waals surface area contributed by atoms with Crippen molar-refractivity contribution in [3.63, 3.8) is 0 Å². The summed E-state index contributed by atoms with van der Waals surface area (Å²) in [4.78, 5) is 12.3. The van der Waals surface area contributed by atoms with Gasteiger partial charge in [-0.1, -0.05) is 16.8 Å². The van der Waals surface area contributed by atoms with Gasteiger partial charge in [-0.2, -0.15) is 8.78 Å². The second-order valence-corrected chi connectivity index (χ2v) is 5.59. The fourth-order valence-corrected chi connectivity index (χ4v) is 2.76. The summed E-state index contributed by atoms with van der Waals surface area (Å²) < 4.78 is 34.5. The van der Waals surface area contributed by atoms with Gasteiger partial charge in [-0.25, -0.2) is 0 Å². The van der Waals surface area contributed by atoms with Crippen molar-refractivity contribution in [2.24, 2.45) is 0 Å². The Morgan fingerprint density at radius 1 is 1.45 bits per heavy atom. The minimum absolute atomic E-state index is 0.00433. The number of benzene rings is 1. The lowest BCUT2D eigenvalue weighted by Crippen LogP contribution is -2.15. The van der Waals surface area contributed by atoms with Crippen LogP contribution in [0, 0.1) is 13.8 Å². The number of nitrogens with zero attached hydrogens (tertiary/aromatic N) is 1. The zero-order valence-electron chi connectivity index (χ0n) is 11.4. The number of aryl methyl sites for hydroxylation is 2. The molecule has 0 saturated heterocycles. The summed E-state index contributed by atoms with van der Waals surface area (Å²) in [6.07, 6.45) is 0. The summed E-state index contributed by atoms with van der Waals surface area (Å²) in [6.45, 7) is 0.113. The van der Waals surface area contributed by atoms with E-state index in [0.29, 0.717) is 11.5 Å². The summed E-state index contributed by atoms with van der Waals surface area (Å²) in [5, 5.41) is 6.37. The summed E-state index contributed by atoms with van der Waals surface area (Å²) in [6, 6.07) is 2.69. The maximum atomic E-state index is 12.5. The van der Waals surface area contributed by atoms with Gasteiger partial charge >= 0.3 is 6.61 Å². The van der Waals surface area contributed by atoms with Crippen molar-refractivity contribution >= 4 is 39.1 Å². The fraction of sp³-hybridized carbons (Fsp3) is 0.231. The maximum Gasteiger partial charge on any atom is 0.387 e. The number of hydrogen-bond acceptors (Lipinski definition) is 4. The highest BCUT2D eigenvalue weighted by molar-refractivity contribution is 9.10. The van der Waals surface area contributed by atoms with Crippen molar-refractivity contribution in [1.82, 2.24) is 5.16 Å². The lowest BCUT2D eigenvalue weighted by molar-refractivity contribution is -0.0498. The van der Waals surface area contributed by atoms with Crippen LogP contribution in [0.3, 0.4) is 0 Å². The first-order valence-electron chi connectivity index (χ1n) is 5.97. The molecule has 1 heterocycles. The molecule has 1 amide bonds. The number of aromatic nitrogens is 1. The van der Waals surface area contributed by atoms with Crippen molar-refractivity contribution in [2.75, 3.05) is 5.32 Å². The molecule has 9 heteroatoms. The molecule has 0 aliphatic rings. The third kappa shape index (κ3) is 3.56. The van der Waals surface area contributed by atoms with Crippen molar-refractivity contribution in [3.8, 4) is 5.75 Å². The van der Waals surface area contributed by atoms with Gasteiger partial charge in [0.1, 0.15) is 11.3 Å². The highest BCUT2D eigenvalue weighted by atomic mass is 79.9. The van der Waals surface area contributed by atoms with Crippen molar-refractivity contribution in [3.05, 3.63) is 38.6 Å². The zero-order valence-corrected chi connectivity index (χ0v) is 13.8. The third-order valence-electron chi connectivity index (χ3n) is 2.72. The summed E-state index contributed by atoms with van der Waals surface area (Å²) in [5.74, 6) is -0.475. The van der Waals surface area contributed by atoms with Gasteiger partial charge in [-0.3, -0.25) is 4.79 Å². The van der Waals surface area contributed by atoms with Crippen LogP contribution in [0.2, 0.25) is 5.02 Å². The van der Waals surface area contributed by atoms with E-state index in [1.54, 1.807) is 13.8 Å². The van der Waals surface area contributed by atoms with E-state index in [0.717, 1.165) is 0 Å². The largest absolute Gasteiger partial charge is 0.431 e. The van der Waals surface area contributed by atoms with Crippen LogP contribution in [-0.4, -0.2) is 17.7 Å². The number of anilines is 1. The number of halogens is 4. The Kier molecular flexibility index (Phi) is 5.02. The van der Waals surface area contributed by atoms with Crippen molar-refractivity contribution < 1.29 is 22.8 Å². The highest BCUT2D eigenvalue weighted by Gasteiger charge is 2.21. The Balaban J connectivity index is 2.38. The van der Waals surface area contributed by atoms with E-state index in [2.05, 4.69) is 31.1 Å². The lowest BCUT2D eigenvalue weighted by Gasteiger charge is -2.14. The van der Waals surface area contributed by atoms with Gasteiger partial charge in [0.05, 0.1) is 15.9 Å². The second-order valence-electron chi connectivity index (χ2n) is 4.30. The van der Waals surface area contributed by atoms with Gasteiger partial charge in [0.15, 0.2) is 5.75 Å². The minimum atomic E-state index is -3.05.